The minimum Gasteiger partial charge on any atom is -0.422 e. The molecule has 0 radical (unpaired) electrons. The average Bonchev–Trinajstić information content (AvgIpc) is 2.64. The minimum absolute atomic E-state index is 0.420. The molecule has 0 amide bonds. The SMILES string of the molecule is Cc1cc2oc(=O)c(-c3ccc(Cl)cc3)c(-c3ccc(Cl)cc3)c2cc1Cl. The van der Waals surface area contributed by atoms with Gasteiger partial charge < -0.3 is 4.42 Å². The van der Waals surface area contributed by atoms with Crippen LogP contribution in [-0.2, 0) is 0 Å². The zero-order valence-electron chi connectivity index (χ0n) is 14.2. The largest absolute Gasteiger partial charge is 0.422 e. The van der Waals surface area contributed by atoms with Crippen molar-refractivity contribution in [2.75, 3.05) is 0 Å². The van der Waals surface area contributed by atoms with Crippen molar-refractivity contribution in [1.29, 1.82) is 0 Å². The van der Waals surface area contributed by atoms with Crippen molar-refractivity contribution in [3.63, 3.8) is 0 Å². The molecule has 0 fully saturated rings. The molecule has 134 valence electrons. The van der Waals surface area contributed by atoms with Gasteiger partial charge in [-0.1, -0.05) is 59.1 Å². The fourth-order valence-electron chi connectivity index (χ4n) is 3.12. The van der Waals surface area contributed by atoms with Crippen LogP contribution in [0.2, 0.25) is 15.1 Å². The van der Waals surface area contributed by atoms with Crippen molar-refractivity contribution in [2.24, 2.45) is 0 Å². The Balaban J connectivity index is 2.15. The molecule has 0 aliphatic heterocycles. The van der Waals surface area contributed by atoms with Gasteiger partial charge in [-0.2, -0.15) is 0 Å². The lowest BCUT2D eigenvalue weighted by Gasteiger charge is -2.13. The maximum absolute atomic E-state index is 12.9. The molecule has 0 N–H and O–H groups in total. The summed E-state index contributed by atoms with van der Waals surface area (Å²) in [7, 11) is 0. The fraction of sp³-hybridized carbons (Fsp3) is 0.0455. The van der Waals surface area contributed by atoms with Crippen LogP contribution in [0.4, 0.5) is 0 Å². The Hall–Kier alpha value is -2.26. The van der Waals surface area contributed by atoms with Crippen LogP contribution in [0.25, 0.3) is 33.2 Å². The Morgan fingerprint density at radius 2 is 1.26 bits per heavy atom. The van der Waals surface area contributed by atoms with Crippen LogP contribution in [-0.4, -0.2) is 0 Å². The van der Waals surface area contributed by atoms with E-state index in [-0.39, 0.29) is 0 Å². The smallest absolute Gasteiger partial charge is 0.344 e. The number of aryl methyl sites for hydroxylation is 1. The molecule has 0 aliphatic carbocycles. The molecule has 4 aromatic rings. The van der Waals surface area contributed by atoms with E-state index in [0.717, 1.165) is 27.6 Å². The molecule has 0 bridgehead atoms. The molecule has 2 nitrogen and oxygen atoms in total. The summed E-state index contributed by atoms with van der Waals surface area (Å²) in [5, 5.41) is 2.58. The molecule has 3 aromatic carbocycles. The maximum Gasteiger partial charge on any atom is 0.344 e. The third-order valence-electron chi connectivity index (χ3n) is 4.45. The van der Waals surface area contributed by atoms with Gasteiger partial charge in [0.1, 0.15) is 5.58 Å². The average molecular weight is 416 g/mol. The molecule has 0 saturated heterocycles. The highest BCUT2D eigenvalue weighted by atomic mass is 35.5. The summed E-state index contributed by atoms with van der Waals surface area (Å²) in [4.78, 5) is 12.9. The van der Waals surface area contributed by atoms with Gasteiger partial charge in [0.2, 0.25) is 0 Å². The quantitative estimate of drug-likeness (QED) is 0.319. The van der Waals surface area contributed by atoms with Gasteiger partial charge in [-0.25, -0.2) is 4.79 Å². The minimum atomic E-state index is -0.420. The monoisotopic (exact) mass is 414 g/mol. The van der Waals surface area contributed by atoms with Crippen molar-refractivity contribution >= 4 is 45.8 Å². The number of halogens is 3. The predicted octanol–water partition coefficient (Wildman–Crippen LogP) is 7.40. The third kappa shape index (κ3) is 3.37. The lowest BCUT2D eigenvalue weighted by molar-refractivity contribution is 0.563. The topological polar surface area (TPSA) is 30.2 Å². The molecule has 0 saturated carbocycles. The van der Waals surface area contributed by atoms with Crippen molar-refractivity contribution in [3.8, 4) is 22.3 Å². The second-order valence-corrected chi connectivity index (χ2v) is 7.53. The summed E-state index contributed by atoms with van der Waals surface area (Å²) in [6.45, 7) is 1.87. The van der Waals surface area contributed by atoms with Crippen LogP contribution < -0.4 is 5.63 Å². The van der Waals surface area contributed by atoms with Crippen LogP contribution >= 0.6 is 34.8 Å². The molecule has 0 spiro atoms. The Bertz CT molecular complexity index is 1210. The van der Waals surface area contributed by atoms with E-state index >= 15 is 0 Å². The molecule has 0 atom stereocenters. The van der Waals surface area contributed by atoms with Crippen molar-refractivity contribution < 1.29 is 4.42 Å². The molecule has 1 heterocycles. The number of hydrogen-bond donors (Lipinski definition) is 0. The van der Waals surface area contributed by atoms with E-state index in [9.17, 15) is 4.79 Å². The standard InChI is InChI=1S/C22H13Cl3O2/c1-12-10-19-17(11-18(12)25)20(13-2-6-15(23)7-3-13)21(22(26)27-19)14-4-8-16(24)9-5-14/h2-11H,1H3. The number of fused-ring (bicyclic) bond motifs is 1. The second-order valence-electron chi connectivity index (χ2n) is 6.25. The summed E-state index contributed by atoms with van der Waals surface area (Å²) < 4.78 is 5.63. The molecule has 5 heteroatoms. The second kappa shape index (κ2) is 7.05. The molecule has 1 aromatic heterocycles. The zero-order valence-corrected chi connectivity index (χ0v) is 16.5. The Labute approximate surface area is 170 Å². The van der Waals surface area contributed by atoms with Gasteiger partial charge in [-0.3, -0.25) is 0 Å². The first-order valence-electron chi connectivity index (χ1n) is 8.23. The highest BCUT2D eigenvalue weighted by Crippen LogP contribution is 2.38. The Morgan fingerprint density at radius 1 is 0.741 bits per heavy atom. The van der Waals surface area contributed by atoms with E-state index in [1.54, 1.807) is 42.5 Å². The van der Waals surface area contributed by atoms with Crippen molar-refractivity contribution in [3.05, 3.63) is 91.7 Å². The third-order valence-corrected chi connectivity index (χ3v) is 5.36. The maximum atomic E-state index is 12.9. The lowest BCUT2D eigenvalue weighted by Crippen LogP contribution is -2.06. The van der Waals surface area contributed by atoms with E-state index in [1.807, 2.05) is 25.1 Å². The normalized spacial score (nSPS) is 11.1. The summed E-state index contributed by atoms with van der Waals surface area (Å²) in [6, 6.07) is 18.0. The first-order valence-corrected chi connectivity index (χ1v) is 9.36. The van der Waals surface area contributed by atoms with Crippen LogP contribution in [0.1, 0.15) is 5.56 Å². The molecule has 4 rings (SSSR count). The molecule has 27 heavy (non-hydrogen) atoms. The number of rotatable bonds is 2. The number of hydrogen-bond acceptors (Lipinski definition) is 2. The summed E-state index contributed by atoms with van der Waals surface area (Å²) in [5.41, 5.74) is 3.69. The summed E-state index contributed by atoms with van der Waals surface area (Å²) >= 11 is 18.4. The molecule has 0 aliphatic rings. The highest BCUT2D eigenvalue weighted by Gasteiger charge is 2.19. The van der Waals surface area contributed by atoms with E-state index in [0.29, 0.717) is 26.2 Å². The predicted molar refractivity (Wildman–Crippen MR) is 113 cm³/mol. The Morgan fingerprint density at radius 3 is 1.81 bits per heavy atom. The van der Waals surface area contributed by atoms with Gasteiger partial charge in [0.05, 0.1) is 5.56 Å². The zero-order chi connectivity index (χ0) is 19.1. The van der Waals surface area contributed by atoms with E-state index in [1.165, 1.54) is 0 Å². The van der Waals surface area contributed by atoms with Gasteiger partial charge in [-0.15, -0.1) is 0 Å². The summed E-state index contributed by atoms with van der Waals surface area (Å²) in [5.74, 6) is 0. The van der Waals surface area contributed by atoms with Gasteiger partial charge in [0.15, 0.2) is 0 Å². The highest BCUT2D eigenvalue weighted by molar-refractivity contribution is 6.32. The first kappa shape index (κ1) is 18.1. The van der Waals surface area contributed by atoms with Crippen LogP contribution in [0, 0.1) is 6.92 Å². The molecule has 0 unspecified atom stereocenters. The number of benzene rings is 3. The van der Waals surface area contributed by atoms with Gasteiger partial charge in [-0.05, 0) is 60.0 Å². The van der Waals surface area contributed by atoms with Crippen LogP contribution in [0.3, 0.4) is 0 Å². The fourth-order valence-corrected chi connectivity index (χ4v) is 3.53. The first-order chi connectivity index (χ1) is 12.9. The molecular formula is C22H13Cl3O2. The van der Waals surface area contributed by atoms with Gasteiger partial charge in [0.25, 0.3) is 0 Å². The van der Waals surface area contributed by atoms with E-state index in [2.05, 4.69) is 0 Å². The van der Waals surface area contributed by atoms with Crippen LogP contribution in [0.15, 0.2) is 69.9 Å². The van der Waals surface area contributed by atoms with Gasteiger partial charge in [0, 0.05) is 26.0 Å². The lowest BCUT2D eigenvalue weighted by atomic mass is 9.93. The molecular weight excluding hydrogens is 403 g/mol. The van der Waals surface area contributed by atoms with Crippen LogP contribution in [0.5, 0.6) is 0 Å². The summed E-state index contributed by atoms with van der Waals surface area (Å²) in [6.07, 6.45) is 0. The van der Waals surface area contributed by atoms with Gasteiger partial charge >= 0.3 is 5.63 Å². The van der Waals surface area contributed by atoms with Crippen molar-refractivity contribution in [2.45, 2.75) is 6.92 Å². The Kier molecular flexibility index (Phi) is 4.73. The van der Waals surface area contributed by atoms with Crippen molar-refractivity contribution in [1.82, 2.24) is 0 Å². The van der Waals surface area contributed by atoms with E-state index in [4.69, 9.17) is 39.2 Å². The van der Waals surface area contributed by atoms with E-state index < -0.39 is 5.63 Å².